The third-order valence-corrected chi connectivity index (χ3v) is 3.64. The minimum absolute atomic E-state index is 0.122. The largest absolute Gasteiger partial charge is 0.494 e. The SMILES string of the molecule is CCc1cccc(OCCCN(C)C(=O)[C@@H]2C=CCN2)c1. The van der Waals surface area contributed by atoms with E-state index in [-0.39, 0.29) is 11.9 Å². The van der Waals surface area contributed by atoms with Crippen molar-refractivity contribution in [3.05, 3.63) is 42.0 Å². The number of likely N-dealkylation sites (N-methyl/N-ethyl adjacent to an activating group) is 1. The molecule has 1 N–H and O–H groups in total. The van der Waals surface area contributed by atoms with Crippen LogP contribution in [-0.4, -0.2) is 43.6 Å². The van der Waals surface area contributed by atoms with Gasteiger partial charge >= 0.3 is 0 Å². The van der Waals surface area contributed by atoms with Crippen molar-refractivity contribution in [1.29, 1.82) is 0 Å². The number of nitrogens with zero attached hydrogens (tertiary/aromatic N) is 1. The number of aryl methyl sites for hydroxylation is 1. The molecule has 1 amide bonds. The molecule has 0 unspecified atom stereocenters. The average molecular weight is 288 g/mol. The van der Waals surface area contributed by atoms with Crippen molar-refractivity contribution in [1.82, 2.24) is 10.2 Å². The Bertz CT molecular complexity index is 499. The van der Waals surface area contributed by atoms with Gasteiger partial charge in [-0.25, -0.2) is 0 Å². The van der Waals surface area contributed by atoms with E-state index in [2.05, 4.69) is 24.4 Å². The molecule has 0 radical (unpaired) electrons. The Balaban J connectivity index is 1.69. The summed E-state index contributed by atoms with van der Waals surface area (Å²) in [5.74, 6) is 1.03. The van der Waals surface area contributed by atoms with Gasteiger partial charge in [-0.3, -0.25) is 10.1 Å². The molecule has 4 heteroatoms. The fraction of sp³-hybridized carbons (Fsp3) is 0.471. The molecule has 1 atom stereocenters. The van der Waals surface area contributed by atoms with E-state index in [1.807, 2.05) is 31.3 Å². The van der Waals surface area contributed by atoms with Gasteiger partial charge in [0.15, 0.2) is 0 Å². The molecule has 0 aliphatic carbocycles. The number of carbonyl (C=O) groups excluding carboxylic acids is 1. The molecule has 1 aromatic rings. The number of hydrogen-bond donors (Lipinski definition) is 1. The van der Waals surface area contributed by atoms with Crippen LogP contribution in [0.4, 0.5) is 0 Å². The van der Waals surface area contributed by atoms with E-state index in [1.54, 1.807) is 4.90 Å². The van der Waals surface area contributed by atoms with Crippen molar-refractivity contribution >= 4 is 5.91 Å². The minimum atomic E-state index is -0.155. The topological polar surface area (TPSA) is 41.6 Å². The summed E-state index contributed by atoms with van der Waals surface area (Å²) in [6, 6.07) is 8.00. The van der Waals surface area contributed by atoms with Crippen LogP contribution in [0.5, 0.6) is 5.75 Å². The highest BCUT2D eigenvalue weighted by Crippen LogP contribution is 2.13. The summed E-state index contributed by atoms with van der Waals surface area (Å²) in [6.45, 7) is 4.24. The van der Waals surface area contributed by atoms with Gasteiger partial charge in [0, 0.05) is 20.1 Å². The Labute approximate surface area is 126 Å². The van der Waals surface area contributed by atoms with E-state index in [9.17, 15) is 4.79 Å². The fourth-order valence-corrected chi connectivity index (χ4v) is 2.33. The van der Waals surface area contributed by atoms with Gasteiger partial charge in [-0.2, -0.15) is 0 Å². The van der Waals surface area contributed by atoms with Gasteiger partial charge < -0.3 is 9.64 Å². The summed E-state index contributed by atoms with van der Waals surface area (Å²) in [4.78, 5) is 13.8. The van der Waals surface area contributed by atoms with E-state index >= 15 is 0 Å². The molecule has 21 heavy (non-hydrogen) atoms. The first-order valence-corrected chi connectivity index (χ1v) is 7.57. The molecule has 114 valence electrons. The van der Waals surface area contributed by atoms with Gasteiger partial charge in [-0.15, -0.1) is 0 Å². The normalized spacial score (nSPS) is 17.0. The Hall–Kier alpha value is -1.81. The second-order valence-corrected chi connectivity index (χ2v) is 5.28. The molecule has 2 rings (SSSR count). The quantitative estimate of drug-likeness (QED) is 0.616. The van der Waals surface area contributed by atoms with Gasteiger partial charge in [0.1, 0.15) is 11.8 Å². The molecule has 1 aromatic carbocycles. The number of nitrogens with one attached hydrogen (secondary N) is 1. The molecule has 0 saturated carbocycles. The highest BCUT2D eigenvalue weighted by atomic mass is 16.5. The smallest absolute Gasteiger partial charge is 0.243 e. The lowest BCUT2D eigenvalue weighted by Crippen LogP contribution is -2.42. The van der Waals surface area contributed by atoms with Crippen LogP contribution in [0.15, 0.2) is 36.4 Å². The van der Waals surface area contributed by atoms with E-state index in [0.29, 0.717) is 13.2 Å². The summed E-state index contributed by atoms with van der Waals surface area (Å²) >= 11 is 0. The zero-order valence-corrected chi connectivity index (χ0v) is 12.8. The van der Waals surface area contributed by atoms with Gasteiger partial charge in [-0.05, 0) is 30.5 Å². The number of amides is 1. The average Bonchev–Trinajstić information content (AvgIpc) is 3.05. The Morgan fingerprint density at radius 3 is 3.05 bits per heavy atom. The molecule has 4 nitrogen and oxygen atoms in total. The number of rotatable bonds is 7. The lowest BCUT2D eigenvalue weighted by atomic mass is 10.2. The van der Waals surface area contributed by atoms with Crippen LogP contribution in [0.3, 0.4) is 0 Å². The second kappa shape index (κ2) is 7.84. The Morgan fingerprint density at radius 2 is 2.33 bits per heavy atom. The number of hydrogen-bond acceptors (Lipinski definition) is 3. The first-order chi connectivity index (χ1) is 10.2. The van der Waals surface area contributed by atoms with Crippen LogP contribution in [0.25, 0.3) is 0 Å². The minimum Gasteiger partial charge on any atom is -0.494 e. The first-order valence-electron chi connectivity index (χ1n) is 7.57. The zero-order chi connectivity index (χ0) is 15.1. The predicted octanol–water partition coefficient (Wildman–Crippen LogP) is 2.00. The number of benzene rings is 1. The second-order valence-electron chi connectivity index (χ2n) is 5.28. The van der Waals surface area contributed by atoms with Crippen molar-refractivity contribution < 1.29 is 9.53 Å². The van der Waals surface area contributed by atoms with Gasteiger partial charge in [0.2, 0.25) is 5.91 Å². The Kier molecular flexibility index (Phi) is 5.81. The molecule has 0 saturated heterocycles. The van der Waals surface area contributed by atoms with Gasteiger partial charge in [-0.1, -0.05) is 31.2 Å². The molecule has 0 fully saturated rings. The third-order valence-electron chi connectivity index (χ3n) is 3.64. The van der Waals surface area contributed by atoms with Crippen LogP contribution in [-0.2, 0) is 11.2 Å². The maximum absolute atomic E-state index is 12.1. The van der Waals surface area contributed by atoms with Crippen LogP contribution in [0.2, 0.25) is 0 Å². The van der Waals surface area contributed by atoms with Gasteiger partial charge in [0.25, 0.3) is 0 Å². The van der Waals surface area contributed by atoms with Crippen LogP contribution < -0.4 is 10.1 Å². The fourth-order valence-electron chi connectivity index (χ4n) is 2.33. The van der Waals surface area contributed by atoms with E-state index in [0.717, 1.165) is 25.1 Å². The van der Waals surface area contributed by atoms with Crippen molar-refractivity contribution in [2.45, 2.75) is 25.8 Å². The van der Waals surface area contributed by atoms with E-state index in [4.69, 9.17) is 4.74 Å². The molecular weight excluding hydrogens is 264 g/mol. The summed E-state index contributed by atoms with van der Waals surface area (Å²) in [6.07, 6.45) is 5.75. The third kappa shape index (κ3) is 4.60. The molecule has 1 heterocycles. The summed E-state index contributed by atoms with van der Waals surface area (Å²) in [5.41, 5.74) is 1.28. The number of ether oxygens (including phenoxy) is 1. The van der Waals surface area contributed by atoms with Crippen LogP contribution in [0.1, 0.15) is 18.9 Å². The van der Waals surface area contributed by atoms with Crippen molar-refractivity contribution in [3.63, 3.8) is 0 Å². The van der Waals surface area contributed by atoms with E-state index in [1.165, 1.54) is 5.56 Å². The first kappa shape index (κ1) is 15.6. The van der Waals surface area contributed by atoms with E-state index < -0.39 is 0 Å². The Morgan fingerprint density at radius 1 is 1.48 bits per heavy atom. The number of carbonyl (C=O) groups is 1. The molecule has 0 spiro atoms. The highest BCUT2D eigenvalue weighted by molar-refractivity contribution is 5.84. The van der Waals surface area contributed by atoms with Gasteiger partial charge in [0.05, 0.1) is 6.61 Å². The molecule has 1 aliphatic rings. The van der Waals surface area contributed by atoms with Crippen molar-refractivity contribution in [2.24, 2.45) is 0 Å². The monoisotopic (exact) mass is 288 g/mol. The summed E-state index contributed by atoms with van der Waals surface area (Å²) in [5, 5.41) is 3.13. The maximum Gasteiger partial charge on any atom is 0.243 e. The van der Waals surface area contributed by atoms with Crippen molar-refractivity contribution in [2.75, 3.05) is 26.7 Å². The predicted molar refractivity (Wildman–Crippen MR) is 84.5 cm³/mol. The van der Waals surface area contributed by atoms with Crippen molar-refractivity contribution in [3.8, 4) is 5.75 Å². The maximum atomic E-state index is 12.1. The lowest BCUT2D eigenvalue weighted by Gasteiger charge is -2.20. The van der Waals surface area contributed by atoms with Crippen LogP contribution >= 0.6 is 0 Å². The zero-order valence-electron chi connectivity index (χ0n) is 12.8. The summed E-state index contributed by atoms with van der Waals surface area (Å²) < 4.78 is 5.74. The summed E-state index contributed by atoms with van der Waals surface area (Å²) in [7, 11) is 1.84. The van der Waals surface area contributed by atoms with Crippen LogP contribution in [0, 0.1) is 0 Å². The molecule has 0 aromatic heterocycles. The molecular formula is C17H24N2O2. The highest BCUT2D eigenvalue weighted by Gasteiger charge is 2.20. The standard InChI is InChI=1S/C17H24N2O2/c1-3-14-7-4-8-15(13-14)21-12-6-11-19(2)17(20)16-9-5-10-18-16/h4-5,7-9,13,16,18H,3,6,10-12H2,1-2H3/t16-/m0/s1. The lowest BCUT2D eigenvalue weighted by molar-refractivity contribution is -0.130. The molecule has 1 aliphatic heterocycles. The molecule has 0 bridgehead atoms.